The molecule has 0 fully saturated rings. The van der Waals surface area contributed by atoms with E-state index in [4.69, 9.17) is 4.74 Å². The van der Waals surface area contributed by atoms with Gasteiger partial charge in [-0.3, -0.25) is 4.90 Å². The van der Waals surface area contributed by atoms with Crippen molar-refractivity contribution < 1.29 is 13.9 Å². The summed E-state index contributed by atoms with van der Waals surface area (Å²) in [7, 11) is 3.62. The van der Waals surface area contributed by atoms with Gasteiger partial charge in [-0.15, -0.1) is 0 Å². The Bertz CT molecular complexity index is 628. The van der Waals surface area contributed by atoms with E-state index in [-0.39, 0.29) is 11.7 Å². The van der Waals surface area contributed by atoms with E-state index in [0.717, 1.165) is 5.56 Å². The lowest BCUT2D eigenvalue weighted by Crippen LogP contribution is -2.42. The lowest BCUT2D eigenvalue weighted by molar-refractivity contribution is -0.140. The molecular weight excluding hydrogens is 281 g/mol. The smallest absolute Gasteiger partial charge is 0.329 e. The zero-order valence-electron chi connectivity index (χ0n) is 13.0. The minimum Gasteiger partial charge on any atom is -0.422 e. The zero-order chi connectivity index (χ0) is 16.1. The average Bonchev–Trinajstić information content (AvgIpc) is 2.50. The molecule has 1 unspecified atom stereocenters. The van der Waals surface area contributed by atoms with Crippen molar-refractivity contribution in [3.63, 3.8) is 0 Å². The van der Waals surface area contributed by atoms with Gasteiger partial charge in [-0.05, 0) is 31.8 Å². The number of ether oxygens (including phenoxy) is 1. The first-order valence-electron chi connectivity index (χ1n) is 7.18. The van der Waals surface area contributed by atoms with Crippen molar-refractivity contribution in [3.05, 3.63) is 66.0 Å². The van der Waals surface area contributed by atoms with Gasteiger partial charge >= 0.3 is 5.97 Å². The van der Waals surface area contributed by atoms with E-state index < -0.39 is 17.8 Å². The molecule has 0 radical (unpaired) electrons. The van der Waals surface area contributed by atoms with Crippen LogP contribution in [0.4, 0.5) is 4.39 Å². The predicted octanol–water partition coefficient (Wildman–Crippen LogP) is 3.47. The van der Waals surface area contributed by atoms with E-state index in [1.54, 1.807) is 17.0 Å². The molecule has 0 spiro atoms. The van der Waals surface area contributed by atoms with Crippen LogP contribution in [0.1, 0.15) is 18.4 Å². The van der Waals surface area contributed by atoms with Crippen molar-refractivity contribution in [2.45, 2.75) is 18.9 Å². The Morgan fingerprint density at radius 2 is 1.64 bits per heavy atom. The van der Waals surface area contributed by atoms with Crippen LogP contribution in [-0.4, -0.2) is 31.0 Å². The van der Waals surface area contributed by atoms with Gasteiger partial charge in [0.1, 0.15) is 6.04 Å². The zero-order valence-corrected chi connectivity index (χ0v) is 13.0. The lowest BCUT2D eigenvalue weighted by Gasteiger charge is -2.28. The van der Waals surface area contributed by atoms with Crippen molar-refractivity contribution in [2.75, 3.05) is 14.1 Å². The average molecular weight is 301 g/mol. The quantitative estimate of drug-likeness (QED) is 0.625. The normalized spacial score (nSPS) is 13.7. The molecule has 4 heteroatoms. The van der Waals surface area contributed by atoms with Gasteiger partial charge in [0.2, 0.25) is 0 Å². The molecule has 116 valence electrons. The number of nitrogens with zero attached hydrogens (tertiary/aromatic N) is 1. The number of rotatable bonds is 5. The number of hydrogen-bond donors (Lipinski definition) is 0. The monoisotopic (exact) mass is 301 g/mol. The Hall–Kier alpha value is -2.20. The van der Waals surface area contributed by atoms with Gasteiger partial charge in [-0.1, -0.05) is 49.4 Å². The van der Waals surface area contributed by atoms with E-state index in [0.29, 0.717) is 0 Å². The molecule has 22 heavy (non-hydrogen) atoms. The molecule has 0 saturated carbocycles. The molecule has 0 aliphatic heterocycles. The van der Waals surface area contributed by atoms with Crippen molar-refractivity contribution in [1.82, 2.24) is 4.90 Å². The molecular formula is C18H20FNO2. The fraction of sp³-hybridized carbons (Fsp3) is 0.278. The van der Waals surface area contributed by atoms with Crippen LogP contribution < -0.4 is 4.74 Å². The number of hydrogen-bond acceptors (Lipinski definition) is 3. The molecule has 0 N–H and O–H groups in total. The van der Waals surface area contributed by atoms with Crippen LogP contribution >= 0.6 is 0 Å². The van der Waals surface area contributed by atoms with Crippen molar-refractivity contribution >= 4 is 5.97 Å². The van der Waals surface area contributed by atoms with Crippen molar-refractivity contribution in [1.29, 1.82) is 0 Å². The second-order valence-corrected chi connectivity index (χ2v) is 5.46. The fourth-order valence-electron chi connectivity index (χ4n) is 2.50. The highest BCUT2D eigenvalue weighted by Gasteiger charge is 2.30. The van der Waals surface area contributed by atoms with E-state index in [2.05, 4.69) is 0 Å². The van der Waals surface area contributed by atoms with Crippen molar-refractivity contribution in [2.24, 2.45) is 0 Å². The predicted molar refractivity (Wildman–Crippen MR) is 84.4 cm³/mol. The summed E-state index contributed by atoms with van der Waals surface area (Å²) < 4.78 is 18.9. The second-order valence-electron chi connectivity index (χ2n) is 5.46. The fourth-order valence-corrected chi connectivity index (χ4v) is 2.50. The number of carbonyl (C=O) groups is 1. The molecule has 2 aromatic rings. The third-order valence-corrected chi connectivity index (χ3v) is 3.64. The number of halogens is 1. The molecule has 0 saturated heterocycles. The van der Waals surface area contributed by atoms with Gasteiger partial charge in [-0.25, -0.2) is 9.18 Å². The SMILES string of the molecule is CC(c1ccccc1)[C@@H](C(=O)Oc1ccccc1F)N(C)C. The lowest BCUT2D eigenvalue weighted by atomic mass is 9.92. The Morgan fingerprint density at radius 3 is 2.23 bits per heavy atom. The van der Waals surface area contributed by atoms with Crippen LogP contribution in [0, 0.1) is 5.82 Å². The molecule has 0 amide bonds. The molecule has 0 bridgehead atoms. The maximum atomic E-state index is 13.6. The molecule has 2 aromatic carbocycles. The number of esters is 1. The van der Waals surface area contributed by atoms with E-state index in [1.165, 1.54) is 12.1 Å². The maximum Gasteiger partial charge on any atom is 0.329 e. The Morgan fingerprint density at radius 1 is 1.05 bits per heavy atom. The summed E-state index contributed by atoms with van der Waals surface area (Å²) in [5.41, 5.74) is 1.03. The molecule has 2 rings (SSSR count). The van der Waals surface area contributed by atoms with E-state index >= 15 is 0 Å². The standard InChI is InChI=1S/C18H20FNO2/c1-13(14-9-5-4-6-10-14)17(20(2)3)18(21)22-16-12-8-7-11-15(16)19/h4-13,17H,1-3H3/t13?,17-/m0/s1. The third kappa shape index (κ3) is 3.71. The van der Waals surface area contributed by atoms with Crippen LogP contribution in [0.25, 0.3) is 0 Å². The third-order valence-electron chi connectivity index (χ3n) is 3.64. The van der Waals surface area contributed by atoms with Gasteiger partial charge in [0.05, 0.1) is 0 Å². The largest absolute Gasteiger partial charge is 0.422 e. The summed E-state index contributed by atoms with van der Waals surface area (Å²) in [4.78, 5) is 14.3. The highest BCUT2D eigenvalue weighted by Crippen LogP contribution is 2.24. The summed E-state index contributed by atoms with van der Waals surface area (Å²) >= 11 is 0. The van der Waals surface area contributed by atoms with Gasteiger partial charge in [0, 0.05) is 5.92 Å². The van der Waals surface area contributed by atoms with Gasteiger partial charge < -0.3 is 4.74 Å². The van der Waals surface area contributed by atoms with Crippen LogP contribution in [0.15, 0.2) is 54.6 Å². The van der Waals surface area contributed by atoms with E-state index in [1.807, 2.05) is 51.4 Å². The van der Waals surface area contributed by atoms with Gasteiger partial charge in [0.25, 0.3) is 0 Å². The molecule has 0 aromatic heterocycles. The van der Waals surface area contributed by atoms with Gasteiger partial charge in [-0.2, -0.15) is 0 Å². The Kier molecular flexibility index (Phi) is 5.28. The highest BCUT2D eigenvalue weighted by atomic mass is 19.1. The van der Waals surface area contributed by atoms with E-state index in [9.17, 15) is 9.18 Å². The van der Waals surface area contributed by atoms with Crippen LogP contribution in [0.3, 0.4) is 0 Å². The maximum absolute atomic E-state index is 13.6. The number of benzene rings is 2. The number of para-hydroxylation sites is 1. The Labute approximate surface area is 130 Å². The summed E-state index contributed by atoms with van der Waals surface area (Å²) in [5, 5.41) is 0. The molecule has 0 heterocycles. The van der Waals surface area contributed by atoms with Crippen molar-refractivity contribution in [3.8, 4) is 5.75 Å². The first-order chi connectivity index (χ1) is 10.5. The molecule has 0 aliphatic carbocycles. The molecule has 0 aliphatic rings. The first-order valence-corrected chi connectivity index (χ1v) is 7.18. The summed E-state index contributed by atoms with van der Waals surface area (Å²) in [6, 6.07) is 15.2. The number of carbonyl (C=O) groups excluding carboxylic acids is 1. The summed E-state index contributed by atoms with van der Waals surface area (Å²) in [6.07, 6.45) is 0. The van der Waals surface area contributed by atoms with Gasteiger partial charge in [0.15, 0.2) is 11.6 Å². The highest BCUT2D eigenvalue weighted by molar-refractivity contribution is 5.79. The van der Waals surface area contributed by atoms with Crippen LogP contribution in [-0.2, 0) is 4.79 Å². The Balaban J connectivity index is 2.21. The van der Waals surface area contributed by atoms with Crippen LogP contribution in [0.5, 0.6) is 5.75 Å². The summed E-state index contributed by atoms with van der Waals surface area (Å²) in [6.45, 7) is 1.96. The second kappa shape index (κ2) is 7.18. The van der Waals surface area contributed by atoms with Crippen LogP contribution in [0.2, 0.25) is 0 Å². The topological polar surface area (TPSA) is 29.5 Å². The molecule has 3 nitrogen and oxygen atoms in total. The minimum atomic E-state index is -0.541. The minimum absolute atomic E-state index is 0.0420. The molecule has 2 atom stereocenters. The summed E-state index contributed by atoms with van der Waals surface area (Å²) in [5.74, 6) is -1.12. The number of likely N-dealkylation sites (N-methyl/N-ethyl adjacent to an activating group) is 1. The first kappa shape index (κ1) is 16.2.